The molecule has 2 heterocycles. The summed E-state index contributed by atoms with van der Waals surface area (Å²) in [7, 11) is 0. The highest BCUT2D eigenvalue weighted by Crippen LogP contribution is 2.27. The Labute approximate surface area is 145 Å². The molecule has 1 saturated heterocycles. The van der Waals surface area contributed by atoms with Crippen LogP contribution in [0.5, 0.6) is 5.75 Å². The lowest BCUT2D eigenvalue weighted by atomic mass is 10.1. The maximum atomic E-state index is 9.31. The molecule has 2 aromatic carbocycles. The van der Waals surface area contributed by atoms with Gasteiger partial charge in [0.2, 0.25) is 0 Å². The molecule has 0 unspecified atom stereocenters. The predicted molar refractivity (Wildman–Crippen MR) is 96.4 cm³/mol. The highest BCUT2D eigenvalue weighted by Gasteiger charge is 2.12. The van der Waals surface area contributed by atoms with Gasteiger partial charge in [0, 0.05) is 30.0 Å². The van der Waals surface area contributed by atoms with E-state index in [9.17, 15) is 5.11 Å². The van der Waals surface area contributed by atoms with Gasteiger partial charge in [-0.15, -0.1) is 0 Å². The van der Waals surface area contributed by atoms with Crippen molar-refractivity contribution < 1.29 is 14.3 Å². The Morgan fingerprint density at radius 2 is 1.68 bits per heavy atom. The number of benzene rings is 2. The Kier molecular flexibility index (Phi) is 4.26. The van der Waals surface area contributed by atoms with Gasteiger partial charge >= 0.3 is 0 Å². The van der Waals surface area contributed by atoms with E-state index in [0.717, 1.165) is 37.6 Å². The number of aromatic hydroxyl groups is 1. The number of ether oxygens (including phenoxy) is 1. The number of anilines is 3. The lowest BCUT2D eigenvalue weighted by molar-refractivity contribution is 0.122. The van der Waals surface area contributed by atoms with Gasteiger partial charge in [-0.1, -0.05) is 0 Å². The van der Waals surface area contributed by atoms with Gasteiger partial charge in [-0.2, -0.15) is 0 Å². The van der Waals surface area contributed by atoms with Crippen molar-refractivity contribution >= 4 is 17.4 Å². The standard InChI is InChI=1S/C19H19N3O3/c23-17-7-3-15(4-8-17)21-19-20-13-18(25-19)14-1-5-16(6-2-14)22-9-11-24-12-10-22/h1-8,13,23H,9-12H2,(H,20,21). The highest BCUT2D eigenvalue weighted by atomic mass is 16.5. The largest absolute Gasteiger partial charge is 0.508 e. The molecule has 0 spiro atoms. The highest BCUT2D eigenvalue weighted by molar-refractivity contribution is 5.63. The Morgan fingerprint density at radius 1 is 0.960 bits per heavy atom. The van der Waals surface area contributed by atoms with E-state index in [-0.39, 0.29) is 5.75 Å². The first-order chi connectivity index (χ1) is 12.3. The van der Waals surface area contributed by atoms with Crippen molar-refractivity contribution in [1.82, 2.24) is 4.98 Å². The van der Waals surface area contributed by atoms with Crippen LogP contribution in [0.3, 0.4) is 0 Å². The van der Waals surface area contributed by atoms with E-state index in [4.69, 9.17) is 9.15 Å². The number of morpholine rings is 1. The molecule has 1 aliphatic rings. The molecule has 3 aromatic rings. The summed E-state index contributed by atoms with van der Waals surface area (Å²) in [4.78, 5) is 6.57. The van der Waals surface area contributed by atoms with Gasteiger partial charge in [0.1, 0.15) is 5.75 Å². The second-order valence-corrected chi connectivity index (χ2v) is 5.85. The molecule has 4 rings (SSSR count). The molecule has 1 aromatic heterocycles. The molecule has 0 radical (unpaired) electrons. The topological polar surface area (TPSA) is 70.8 Å². The first-order valence-corrected chi connectivity index (χ1v) is 8.23. The smallest absolute Gasteiger partial charge is 0.299 e. The molecule has 0 amide bonds. The van der Waals surface area contributed by atoms with Gasteiger partial charge in [0.05, 0.1) is 19.4 Å². The number of oxazole rings is 1. The Balaban J connectivity index is 1.46. The summed E-state index contributed by atoms with van der Waals surface area (Å²) < 4.78 is 11.2. The third-order valence-corrected chi connectivity index (χ3v) is 4.15. The Morgan fingerprint density at radius 3 is 2.40 bits per heavy atom. The number of nitrogens with zero attached hydrogens (tertiary/aromatic N) is 2. The third-order valence-electron chi connectivity index (χ3n) is 4.15. The minimum absolute atomic E-state index is 0.221. The number of phenols is 1. The zero-order chi connectivity index (χ0) is 17.1. The molecule has 0 saturated carbocycles. The van der Waals surface area contributed by atoms with Gasteiger partial charge in [-0.25, -0.2) is 4.98 Å². The van der Waals surface area contributed by atoms with E-state index in [0.29, 0.717) is 11.8 Å². The normalized spacial score (nSPS) is 14.5. The fourth-order valence-electron chi connectivity index (χ4n) is 2.79. The van der Waals surface area contributed by atoms with Crippen LogP contribution in [0.2, 0.25) is 0 Å². The maximum absolute atomic E-state index is 9.31. The second kappa shape index (κ2) is 6.86. The van der Waals surface area contributed by atoms with E-state index in [1.54, 1.807) is 30.5 Å². The van der Waals surface area contributed by atoms with Crippen LogP contribution >= 0.6 is 0 Å². The third kappa shape index (κ3) is 3.59. The molecule has 2 N–H and O–H groups in total. The first-order valence-electron chi connectivity index (χ1n) is 8.23. The maximum Gasteiger partial charge on any atom is 0.299 e. The zero-order valence-corrected chi connectivity index (χ0v) is 13.7. The molecule has 6 nitrogen and oxygen atoms in total. The van der Waals surface area contributed by atoms with Crippen LogP contribution in [0.15, 0.2) is 59.1 Å². The summed E-state index contributed by atoms with van der Waals surface area (Å²) in [6.07, 6.45) is 1.70. The van der Waals surface area contributed by atoms with Crippen molar-refractivity contribution in [3.05, 3.63) is 54.7 Å². The van der Waals surface area contributed by atoms with Gasteiger partial charge in [0.25, 0.3) is 6.01 Å². The number of hydrogen-bond donors (Lipinski definition) is 2. The summed E-state index contributed by atoms with van der Waals surface area (Å²) in [6, 6.07) is 15.4. The Hall–Kier alpha value is -2.99. The molecule has 0 bridgehead atoms. The molecular weight excluding hydrogens is 318 g/mol. The van der Waals surface area contributed by atoms with Gasteiger partial charge in [-0.3, -0.25) is 0 Å². The average molecular weight is 337 g/mol. The van der Waals surface area contributed by atoms with Crippen molar-refractivity contribution in [2.75, 3.05) is 36.5 Å². The summed E-state index contributed by atoms with van der Waals surface area (Å²) in [5.74, 6) is 0.925. The van der Waals surface area contributed by atoms with Crippen molar-refractivity contribution in [2.45, 2.75) is 0 Å². The van der Waals surface area contributed by atoms with E-state index < -0.39 is 0 Å². The predicted octanol–water partition coefficient (Wildman–Crippen LogP) is 3.63. The average Bonchev–Trinajstić information content (AvgIpc) is 3.13. The van der Waals surface area contributed by atoms with Crippen LogP contribution < -0.4 is 10.2 Å². The molecule has 0 atom stereocenters. The molecule has 0 aliphatic carbocycles. The number of hydrogen-bond acceptors (Lipinski definition) is 6. The summed E-state index contributed by atoms with van der Waals surface area (Å²) >= 11 is 0. The van der Waals surface area contributed by atoms with Crippen molar-refractivity contribution in [3.8, 4) is 17.1 Å². The van der Waals surface area contributed by atoms with Crippen LogP contribution in [0.4, 0.5) is 17.4 Å². The molecule has 1 fully saturated rings. The number of phenolic OH excluding ortho intramolecular Hbond substituents is 1. The van der Waals surface area contributed by atoms with Crippen molar-refractivity contribution in [1.29, 1.82) is 0 Å². The minimum atomic E-state index is 0.221. The van der Waals surface area contributed by atoms with Gasteiger partial charge < -0.3 is 24.5 Å². The van der Waals surface area contributed by atoms with E-state index >= 15 is 0 Å². The van der Waals surface area contributed by atoms with Gasteiger partial charge in [-0.05, 0) is 48.5 Å². The number of aromatic nitrogens is 1. The van der Waals surface area contributed by atoms with Crippen LogP contribution in [-0.2, 0) is 4.74 Å². The van der Waals surface area contributed by atoms with E-state index in [1.807, 2.05) is 12.1 Å². The molecule has 1 aliphatic heterocycles. The summed E-state index contributed by atoms with van der Waals surface area (Å²) in [5.41, 5.74) is 2.96. The fourth-order valence-corrected chi connectivity index (χ4v) is 2.79. The number of rotatable bonds is 4. The van der Waals surface area contributed by atoms with Crippen molar-refractivity contribution in [2.24, 2.45) is 0 Å². The zero-order valence-electron chi connectivity index (χ0n) is 13.7. The molecule has 6 heteroatoms. The van der Waals surface area contributed by atoms with Crippen LogP contribution in [0.1, 0.15) is 0 Å². The molecule has 128 valence electrons. The van der Waals surface area contributed by atoms with E-state index in [2.05, 4.69) is 27.3 Å². The Bertz CT molecular complexity index is 822. The fraction of sp³-hybridized carbons (Fsp3) is 0.211. The lowest BCUT2D eigenvalue weighted by Gasteiger charge is -2.28. The number of nitrogens with one attached hydrogen (secondary N) is 1. The molecular formula is C19H19N3O3. The van der Waals surface area contributed by atoms with E-state index in [1.165, 1.54) is 5.69 Å². The second-order valence-electron chi connectivity index (χ2n) is 5.85. The SMILES string of the molecule is Oc1ccc(Nc2ncc(-c3ccc(N4CCOCC4)cc3)o2)cc1. The first kappa shape index (κ1) is 15.5. The van der Waals surface area contributed by atoms with Crippen LogP contribution in [0.25, 0.3) is 11.3 Å². The van der Waals surface area contributed by atoms with Gasteiger partial charge in [0.15, 0.2) is 5.76 Å². The quantitative estimate of drug-likeness (QED) is 0.709. The molecule has 25 heavy (non-hydrogen) atoms. The summed E-state index contributed by atoms with van der Waals surface area (Å²) in [5, 5.41) is 12.4. The lowest BCUT2D eigenvalue weighted by Crippen LogP contribution is -2.36. The summed E-state index contributed by atoms with van der Waals surface area (Å²) in [6.45, 7) is 3.39. The van der Waals surface area contributed by atoms with Crippen molar-refractivity contribution in [3.63, 3.8) is 0 Å². The van der Waals surface area contributed by atoms with Crippen LogP contribution in [-0.4, -0.2) is 36.4 Å². The monoisotopic (exact) mass is 337 g/mol. The van der Waals surface area contributed by atoms with Crippen LogP contribution in [0, 0.1) is 0 Å². The minimum Gasteiger partial charge on any atom is -0.508 e.